The summed E-state index contributed by atoms with van der Waals surface area (Å²) >= 11 is 0. The molecule has 0 bridgehead atoms. The number of allylic oxidation sites excluding steroid dienone is 1. The molecule has 0 heterocycles. The summed E-state index contributed by atoms with van der Waals surface area (Å²) in [5, 5.41) is 0. The van der Waals surface area contributed by atoms with Gasteiger partial charge in [-0.2, -0.15) is 0 Å². The summed E-state index contributed by atoms with van der Waals surface area (Å²) in [5.74, 6) is 0.631. The maximum Gasteiger partial charge on any atom is 0.307 e. The molecule has 1 aliphatic rings. The molecule has 0 N–H and O–H groups in total. The first-order valence-electron chi connectivity index (χ1n) is 9.42. The van der Waals surface area contributed by atoms with Crippen LogP contribution in [0.25, 0.3) is 0 Å². The maximum atomic E-state index is 12.7. The number of carbonyl (C=O) groups excluding carboxylic acids is 2. The molecule has 1 aromatic rings. The average Bonchev–Trinajstić information content (AvgIpc) is 2.72. The Kier molecular flexibility index (Phi) is 8.68. The molecule has 27 heavy (non-hydrogen) atoms. The van der Waals surface area contributed by atoms with Gasteiger partial charge in [0.25, 0.3) is 5.91 Å². The molecular weight excluding hydrogens is 346 g/mol. The van der Waals surface area contributed by atoms with E-state index >= 15 is 0 Å². The molecule has 0 fully saturated rings. The van der Waals surface area contributed by atoms with Crippen LogP contribution in [-0.2, 0) is 14.3 Å². The Labute approximate surface area is 161 Å². The van der Waals surface area contributed by atoms with Crippen molar-refractivity contribution in [3.05, 3.63) is 35.9 Å². The molecule has 0 saturated carbocycles. The lowest BCUT2D eigenvalue weighted by Crippen LogP contribution is -2.37. The number of hydrogen-bond donors (Lipinski definition) is 0. The van der Waals surface area contributed by atoms with E-state index in [1.54, 1.807) is 24.1 Å². The van der Waals surface area contributed by atoms with Crippen LogP contribution in [0, 0.1) is 0 Å². The smallest absolute Gasteiger partial charge is 0.307 e. The van der Waals surface area contributed by atoms with E-state index < -0.39 is 0 Å². The molecule has 0 aromatic heterocycles. The first-order valence-corrected chi connectivity index (χ1v) is 9.42. The largest absolute Gasteiger partial charge is 0.493 e. The van der Waals surface area contributed by atoms with Crippen LogP contribution < -0.4 is 9.47 Å². The van der Waals surface area contributed by atoms with E-state index in [-0.39, 0.29) is 24.9 Å². The highest BCUT2D eigenvalue weighted by molar-refractivity contribution is 5.78. The first-order chi connectivity index (χ1) is 13.1. The van der Waals surface area contributed by atoms with Crippen LogP contribution in [0.2, 0.25) is 0 Å². The second kappa shape index (κ2) is 11.3. The summed E-state index contributed by atoms with van der Waals surface area (Å²) in [6, 6.07) is 7.21. The van der Waals surface area contributed by atoms with Crippen molar-refractivity contribution in [2.75, 3.05) is 33.9 Å². The molecule has 1 amide bonds. The van der Waals surface area contributed by atoms with Gasteiger partial charge in [-0.25, -0.2) is 0 Å². The summed E-state index contributed by atoms with van der Waals surface area (Å²) in [7, 11) is 2.91. The summed E-state index contributed by atoms with van der Waals surface area (Å²) in [6.45, 7) is 0.811. The van der Waals surface area contributed by atoms with Crippen LogP contribution in [0.3, 0.4) is 0 Å². The fourth-order valence-electron chi connectivity index (χ4n) is 3.07. The summed E-state index contributed by atoms with van der Waals surface area (Å²) in [5.41, 5.74) is 1.39. The molecule has 0 aliphatic heterocycles. The molecule has 0 spiro atoms. The summed E-state index contributed by atoms with van der Waals surface area (Å²) < 4.78 is 15.6. The lowest BCUT2D eigenvalue weighted by atomic mass is 9.97. The number of nitrogens with zero attached hydrogens (tertiary/aromatic N) is 1. The highest BCUT2D eigenvalue weighted by Crippen LogP contribution is 2.26. The lowest BCUT2D eigenvalue weighted by Gasteiger charge is -2.24. The molecule has 6 nitrogen and oxygen atoms in total. The topological polar surface area (TPSA) is 65.1 Å². The average molecular weight is 375 g/mol. The van der Waals surface area contributed by atoms with Crippen molar-refractivity contribution in [2.24, 2.45) is 0 Å². The molecule has 1 aliphatic carbocycles. The van der Waals surface area contributed by atoms with Crippen LogP contribution in [0.4, 0.5) is 0 Å². The highest BCUT2D eigenvalue weighted by Gasteiger charge is 2.17. The molecule has 0 unspecified atom stereocenters. The van der Waals surface area contributed by atoms with Gasteiger partial charge < -0.3 is 19.1 Å². The van der Waals surface area contributed by atoms with E-state index in [0.717, 1.165) is 19.3 Å². The normalized spacial score (nSPS) is 13.5. The van der Waals surface area contributed by atoms with Gasteiger partial charge in [-0.1, -0.05) is 23.8 Å². The van der Waals surface area contributed by atoms with Crippen molar-refractivity contribution < 1.29 is 23.8 Å². The molecule has 0 atom stereocenters. The van der Waals surface area contributed by atoms with Crippen molar-refractivity contribution in [3.8, 4) is 11.5 Å². The Bertz CT molecular complexity index is 656. The number of hydrogen-bond acceptors (Lipinski definition) is 5. The van der Waals surface area contributed by atoms with Crippen LogP contribution in [0.15, 0.2) is 35.9 Å². The first kappa shape index (κ1) is 20.8. The lowest BCUT2D eigenvalue weighted by molar-refractivity contribution is -0.142. The molecule has 6 heteroatoms. The number of carbonyl (C=O) groups is 2. The highest BCUT2D eigenvalue weighted by atomic mass is 16.5. The predicted molar refractivity (Wildman–Crippen MR) is 103 cm³/mol. The number of esters is 1. The minimum Gasteiger partial charge on any atom is -0.493 e. The monoisotopic (exact) mass is 375 g/mol. The Balaban J connectivity index is 1.94. The Hall–Kier alpha value is -2.50. The van der Waals surface area contributed by atoms with E-state index in [0.29, 0.717) is 24.6 Å². The van der Waals surface area contributed by atoms with Crippen LogP contribution in [0.1, 0.15) is 38.5 Å². The minimum atomic E-state index is -0.324. The van der Waals surface area contributed by atoms with Gasteiger partial charge in [0.2, 0.25) is 0 Å². The number of amides is 1. The zero-order valence-electron chi connectivity index (χ0n) is 16.2. The van der Waals surface area contributed by atoms with E-state index in [4.69, 9.17) is 14.2 Å². The predicted octanol–water partition coefficient (Wildman–Crippen LogP) is 3.36. The Morgan fingerprint density at radius 3 is 2.52 bits per heavy atom. The van der Waals surface area contributed by atoms with Gasteiger partial charge in [-0.05, 0) is 44.2 Å². The Morgan fingerprint density at radius 2 is 1.85 bits per heavy atom. The SMILES string of the molecule is COC(=O)CCN(CCC1=CCCCC1)C(=O)COc1ccccc1OC. The number of benzene rings is 1. The van der Waals surface area contributed by atoms with E-state index in [1.807, 2.05) is 12.1 Å². The fourth-order valence-corrected chi connectivity index (χ4v) is 3.07. The molecule has 1 aromatic carbocycles. The molecular formula is C21H29NO5. The van der Waals surface area contributed by atoms with Gasteiger partial charge in [-0.15, -0.1) is 0 Å². The quantitative estimate of drug-likeness (QED) is 0.463. The molecule has 0 saturated heterocycles. The third kappa shape index (κ3) is 6.96. The molecule has 2 rings (SSSR count). The van der Waals surface area contributed by atoms with Gasteiger partial charge >= 0.3 is 5.97 Å². The number of ether oxygens (including phenoxy) is 3. The third-order valence-electron chi connectivity index (χ3n) is 4.67. The van der Waals surface area contributed by atoms with Crippen LogP contribution in [0.5, 0.6) is 11.5 Å². The standard InChI is InChI=1S/C21H29NO5/c1-25-18-10-6-7-11-19(18)27-16-20(23)22(15-13-21(24)26-2)14-12-17-8-4-3-5-9-17/h6-8,10-11H,3-5,9,12-16H2,1-2H3. The van der Waals surface area contributed by atoms with Crippen molar-refractivity contribution >= 4 is 11.9 Å². The van der Waals surface area contributed by atoms with Crippen LogP contribution in [-0.4, -0.2) is 50.7 Å². The van der Waals surface area contributed by atoms with Gasteiger partial charge in [0.15, 0.2) is 18.1 Å². The second-order valence-corrected chi connectivity index (χ2v) is 6.50. The van der Waals surface area contributed by atoms with Crippen molar-refractivity contribution in [2.45, 2.75) is 38.5 Å². The van der Waals surface area contributed by atoms with Gasteiger partial charge in [0, 0.05) is 13.1 Å². The zero-order valence-corrected chi connectivity index (χ0v) is 16.2. The number of rotatable bonds is 10. The van der Waals surface area contributed by atoms with Crippen molar-refractivity contribution in [1.82, 2.24) is 4.90 Å². The fraction of sp³-hybridized carbons (Fsp3) is 0.524. The zero-order chi connectivity index (χ0) is 19.5. The molecule has 148 valence electrons. The minimum absolute atomic E-state index is 0.0966. The summed E-state index contributed by atoms with van der Waals surface area (Å²) in [4.78, 5) is 25.8. The Morgan fingerprint density at radius 1 is 1.07 bits per heavy atom. The number of para-hydroxylation sites is 2. The third-order valence-corrected chi connectivity index (χ3v) is 4.67. The van der Waals surface area contributed by atoms with E-state index in [1.165, 1.54) is 25.5 Å². The van der Waals surface area contributed by atoms with Crippen molar-refractivity contribution in [1.29, 1.82) is 0 Å². The van der Waals surface area contributed by atoms with E-state index in [2.05, 4.69) is 6.08 Å². The van der Waals surface area contributed by atoms with Gasteiger partial charge in [-0.3, -0.25) is 9.59 Å². The summed E-state index contributed by atoms with van der Waals surface area (Å²) in [6.07, 6.45) is 7.94. The van der Waals surface area contributed by atoms with Crippen molar-refractivity contribution in [3.63, 3.8) is 0 Å². The molecule has 0 radical (unpaired) electrons. The number of methoxy groups -OCH3 is 2. The second-order valence-electron chi connectivity index (χ2n) is 6.50. The maximum absolute atomic E-state index is 12.7. The van der Waals surface area contributed by atoms with Gasteiger partial charge in [0.05, 0.1) is 20.6 Å². The van der Waals surface area contributed by atoms with Gasteiger partial charge in [0.1, 0.15) is 0 Å². The van der Waals surface area contributed by atoms with Crippen LogP contribution >= 0.6 is 0 Å². The van der Waals surface area contributed by atoms with E-state index in [9.17, 15) is 9.59 Å².